The number of nitrogens with one attached hydrogen (secondary N) is 1. The van der Waals surface area contributed by atoms with Crippen LogP contribution < -0.4 is 5.32 Å². The van der Waals surface area contributed by atoms with Crippen molar-refractivity contribution in [3.63, 3.8) is 0 Å². The minimum Gasteiger partial charge on any atom is -0.317 e. The fourth-order valence-electron chi connectivity index (χ4n) is 2.29. The lowest BCUT2D eigenvalue weighted by Gasteiger charge is -2.16. The van der Waals surface area contributed by atoms with E-state index in [1.54, 1.807) is 0 Å². The van der Waals surface area contributed by atoms with Gasteiger partial charge in [-0.05, 0) is 57.9 Å². The molecule has 0 amide bonds. The Labute approximate surface area is 124 Å². The molecule has 0 aliphatic heterocycles. The van der Waals surface area contributed by atoms with Crippen LogP contribution in [0.3, 0.4) is 0 Å². The van der Waals surface area contributed by atoms with Gasteiger partial charge in [-0.25, -0.2) is 0 Å². The number of hydrogen-bond acceptors (Lipinski definition) is 2. The first-order valence-corrected chi connectivity index (χ1v) is 7.87. The van der Waals surface area contributed by atoms with Crippen molar-refractivity contribution < 1.29 is 0 Å². The molecule has 0 aliphatic carbocycles. The molecule has 0 fully saturated rings. The summed E-state index contributed by atoms with van der Waals surface area (Å²) in [6.07, 6.45) is 8.27. The Kier molecular flexibility index (Phi) is 9.89. The van der Waals surface area contributed by atoms with Crippen molar-refractivity contribution in [3.05, 3.63) is 48.6 Å². The minimum atomic E-state index is 1.04. The molecular weight excluding hydrogens is 244 g/mol. The maximum absolute atomic E-state index is 3.75. The standard InChI is InChI=1S/C18H30N2/c1-3-4-5-6-10-14-19-15-11-16-20(2)17-18-12-8-7-9-13-18/h3,7-9,12-13,19H,1,4-6,10-11,14-17H2,2H3. The monoisotopic (exact) mass is 274 g/mol. The normalized spacial score (nSPS) is 10.9. The smallest absolute Gasteiger partial charge is 0.0230 e. The van der Waals surface area contributed by atoms with Crippen molar-refractivity contribution in [2.24, 2.45) is 0 Å². The van der Waals surface area contributed by atoms with Crippen LogP contribution in [-0.4, -0.2) is 31.6 Å². The molecule has 20 heavy (non-hydrogen) atoms. The molecule has 0 unspecified atom stereocenters. The summed E-state index contributed by atoms with van der Waals surface area (Å²) in [6.45, 7) is 8.22. The van der Waals surface area contributed by atoms with E-state index in [9.17, 15) is 0 Å². The van der Waals surface area contributed by atoms with Crippen LogP contribution >= 0.6 is 0 Å². The molecule has 0 spiro atoms. The van der Waals surface area contributed by atoms with Gasteiger partial charge >= 0.3 is 0 Å². The topological polar surface area (TPSA) is 15.3 Å². The van der Waals surface area contributed by atoms with Crippen LogP contribution in [0.2, 0.25) is 0 Å². The second kappa shape index (κ2) is 11.7. The summed E-state index contributed by atoms with van der Waals surface area (Å²) < 4.78 is 0. The van der Waals surface area contributed by atoms with Gasteiger partial charge < -0.3 is 10.2 Å². The van der Waals surface area contributed by atoms with E-state index in [0.717, 1.165) is 32.6 Å². The third-order valence-corrected chi connectivity index (χ3v) is 3.45. The average Bonchev–Trinajstić information content (AvgIpc) is 2.46. The SMILES string of the molecule is C=CCCCCCNCCCN(C)Cc1ccccc1. The molecule has 0 atom stereocenters. The summed E-state index contributed by atoms with van der Waals surface area (Å²) in [5.74, 6) is 0. The van der Waals surface area contributed by atoms with Crippen LogP contribution in [0, 0.1) is 0 Å². The summed E-state index contributed by atoms with van der Waals surface area (Å²) >= 11 is 0. The molecule has 0 bridgehead atoms. The van der Waals surface area contributed by atoms with Crippen LogP contribution in [0.5, 0.6) is 0 Å². The zero-order chi connectivity index (χ0) is 14.5. The highest BCUT2D eigenvalue weighted by Crippen LogP contribution is 2.02. The number of hydrogen-bond donors (Lipinski definition) is 1. The maximum atomic E-state index is 3.75. The number of nitrogens with zero attached hydrogens (tertiary/aromatic N) is 1. The maximum Gasteiger partial charge on any atom is 0.0230 e. The number of allylic oxidation sites excluding steroid dienone is 1. The van der Waals surface area contributed by atoms with Crippen molar-refractivity contribution in [2.75, 3.05) is 26.7 Å². The zero-order valence-corrected chi connectivity index (χ0v) is 13.0. The van der Waals surface area contributed by atoms with Gasteiger partial charge in [-0.3, -0.25) is 0 Å². The Hall–Kier alpha value is -1.12. The van der Waals surface area contributed by atoms with Crippen molar-refractivity contribution in [2.45, 2.75) is 38.6 Å². The quantitative estimate of drug-likeness (QED) is 0.460. The summed E-state index contributed by atoms with van der Waals surface area (Å²) in [6, 6.07) is 10.7. The van der Waals surface area contributed by atoms with E-state index < -0.39 is 0 Å². The van der Waals surface area contributed by atoms with Gasteiger partial charge in [0.05, 0.1) is 0 Å². The first-order chi connectivity index (χ1) is 9.83. The summed E-state index contributed by atoms with van der Waals surface area (Å²) in [5, 5.41) is 3.53. The predicted molar refractivity (Wildman–Crippen MR) is 88.9 cm³/mol. The van der Waals surface area contributed by atoms with Crippen molar-refractivity contribution in [3.8, 4) is 0 Å². The Bertz CT molecular complexity index is 335. The first-order valence-electron chi connectivity index (χ1n) is 7.87. The number of rotatable bonds is 12. The van der Waals surface area contributed by atoms with E-state index in [-0.39, 0.29) is 0 Å². The molecule has 1 rings (SSSR count). The lowest BCUT2D eigenvalue weighted by atomic mass is 10.2. The van der Waals surface area contributed by atoms with Gasteiger partial charge in [0.15, 0.2) is 0 Å². The van der Waals surface area contributed by atoms with Crippen LogP contribution in [-0.2, 0) is 6.54 Å². The molecule has 0 radical (unpaired) electrons. The fourth-order valence-corrected chi connectivity index (χ4v) is 2.29. The molecule has 0 heterocycles. The van der Waals surface area contributed by atoms with E-state index in [1.807, 2.05) is 6.08 Å². The Morgan fingerprint density at radius 3 is 2.55 bits per heavy atom. The second-order valence-corrected chi connectivity index (χ2v) is 5.46. The summed E-state index contributed by atoms with van der Waals surface area (Å²) in [5.41, 5.74) is 1.39. The van der Waals surface area contributed by atoms with Gasteiger partial charge in [0.25, 0.3) is 0 Å². The molecule has 0 saturated heterocycles. The third kappa shape index (κ3) is 8.89. The number of benzene rings is 1. The van der Waals surface area contributed by atoms with Crippen LogP contribution in [0.1, 0.15) is 37.7 Å². The Balaban J connectivity index is 1.92. The third-order valence-electron chi connectivity index (χ3n) is 3.45. The van der Waals surface area contributed by atoms with Crippen LogP contribution in [0.25, 0.3) is 0 Å². The molecule has 1 aromatic rings. The molecule has 2 heteroatoms. The molecule has 112 valence electrons. The Morgan fingerprint density at radius 2 is 1.80 bits per heavy atom. The predicted octanol–water partition coefficient (Wildman–Crippen LogP) is 3.84. The lowest BCUT2D eigenvalue weighted by molar-refractivity contribution is 0.319. The second-order valence-electron chi connectivity index (χ2n) is 5.46. The van der Waals surface area contributed by atoms with E-state index in [4.69, 9.17) is 0 Å². The first kappa shape index (κ1) is 16.9. The summed E-state index contributed by atoms with van der Waals surface area (Å²) in [7, 11) is 2.20. The molecule has 0 aromatic heterocycles. The molecule has 1 aromatic carbocycles. The highest BCUT2D eigenvalue weighted by atomic mass is 15.1. The largest absolute Gasteiger partial charge is 0.317 e. The minimum absolute atomic E-state index is 1.04. The average molecular weight is 274 g/mol. The van der Waals surface area contributed by atoms with E-state index in [1.165, 1.54) is 31.2 Å². The van der Waals surface area contributed by atoms with Gasteiger partial charge in [-0.2, -0.15) is 0 Å². The fraction of sp³-hybridized carbons (Fsp3) is 0.556. The van der Waals surface area contributed by atoms with Gasteiger partial charge in [-0.1, -0.05) is 42.8 Å². The molecule has 2 nitrogen and oxygen atoms in total. The Morgan fingerprint density at radius 1 is 1.05 bits per heavy atom. The van der Waals surface area contributed by atoms with Crippen LogP contribution in [0.4, 0.5) is 0 Å². The van der Waals surface area contributed by atoms with Gasteiger partial charge in [0, 0.05) is 6.54 Å². The van der Waals surface area contributed by atoms with Crippen molar-refractivity contribution in [1.29, 1.82) is 0 Å². The molecule has 1 N–H and O–H groups in total. The molecule has 0 saturated carbocycles. The zero-order valence-electron chi connectivity index (χ0n) is 13.0. The highest BCUT2D eigenvalue weighted by molar-refractivity contribution is 5.14. The molecule has 0 aliphatic rings. The van der Waals surface area contributed by atoms with E-state index in [0.29, 0.717) is 0 Å². The van der Waals surface area contributed by atoms with Gasteiger partial charge in [0.1, 0.15) is 0 Å². The van der Waals surface area contributed by atoms with E-state index in [2.05, 4.69) is 54.2 Å². The molecular formula is C18H30N2. The van der Waals surface area contributed by atoms with Gasteiger partial charge in [0.2, 0.25) is 0 Å². The number of unbranched alkanes of at least 4 members (excludes halogenated alkanes) is 3. The van der Waals surface area contributed by atoms with Gasteiger partial charge in [-0.15, -0.1) is 6.58 Å². The summed E-state index contributed by atoms with van der Waals surface area (Å²) in [4.78, 5) is 2.39. The van der Waals surface area contributed by atoms with Crippen molar-refractivity contribution >= 4 is 0 Å². The van der Waals surface area contributed by atoms with E-state index >= 15 is 0 Å². The lowest BCUT2D eigenvalue weighted by Crippen LogP contribution is -2.24. The van der Waals surface area contributed by atoms with Crippen molar-refractivity contribution in [1.82, 2.24) is 10.2 Å². The van der Waals surface area contributed by atoms with Crippen LogP contribution in [0.15, 0.2) is 43.0 Å². The highest BCUT2D eigenvalue weighted by Gasteiger charge is 1.99.